The van der Waals surface area contributed by atoms with Gasteiger partial charge in [-0.25, -0.2) is 4.68 Å². The number of fused-ring (bicyclic) bond motifs is 2. The molecule has 0 aliphatic heterocycles. The average Bonchev–Trinajstić information content (AvgIpc) is 3.49. The monoisotopic (exact) mass is 607 g/mol. The number of aromatic amines is 1. The van der Waals surface area contributed by atoms with Crippen molar-refractivity contribution >= 4 is 44.8 Å². The highest BCUT2D eigenvalue weighted by Crippen LogP contribution is 2.55. The van der Waals surface area contributed by atoms with Gasteiger partial charge in [0.2, 0.25) is 0 Å². The van der Waals surface area contributed by atoms with Gasteiger partial charge in [0.05, 0.1) is 39.5 Å². The average molecular weight is 608 g/mol. The molecular formula is C30H29ClF3N9. The van der Waals surface area contributed by atoms with Gasteiger partial charge in [0.25, 0.3) is 0 Å². The summed E-state index contributed by atoms with van der Waals surface area (Å²) in [4.78, 5) is 4.43. The number of hydrogen-bond acceptors (Lipinski definition) is 7. The maximum atomic E-state index is 13.9. The van der Waals surface area contributed by atoms with Gasteiger partial charge in [0.1, 0.15) is 11.8 Å². The molecule has 0 bridgehead atoms. The number of alkyl halides is 3. The largest absolute Gasteiger partial charge is 0.413 e. The Balaban J connectivity index is 1.49. The number of aryl methyl sites for hydroxylation is 1. The lowest BCUT2D eigenvalue weighted by atomic mass is 9.96. The van der Waals surface area contributed by atoms with E-state index >= 15 is 0 Å². The van der Waals surface area contributed by atoms with E-state index in [0.29, 0.717) is 50.6 Å². The Morgan fingerprint density at radius 1 is 1.21 bits per heavy atom. The van der Waals surface area contributed by atoms with Crippen molar-refractivity contribution in [1.82, 2.24) is 30.2 Å². The standard InChI is InChI=1S/C30H29ClF3N9/c1-16-24-19(6-5-7-22(24)40-39-16)27(23-14-43(42-41-23)29(8-9-29)30(32,33)34)38-18-10-20-25(37-15-28(2,3)4)17(12-35)13-36-26(20)21(31)11-18/h5-7,10-11,13-14,27,38H,8-9,15H2,1-4H3,(H,36,37)(H,39,40). The third-order valence-electron chi connectivity index (χ3n) is 7.75. The van der Waals surface area contributed by atoms with Crippen molar-refractivity contribution in [3.63, 3.8) is 0 Å². The van der Waals surface area contributed by atoms with Crippen LogP contribution >= 0.6 is 11.6 Å². The molecule has 43 heavy (non-hydrogen) atoms. The van der Waals surface area contributed by atoms with E-state index in [4.69, 9.17) is 11.6 Å². The maximum absolute atomic E-state index is 13.9. The number of rotatable bonds is 7. The molecule has 3 N–H and O–H groups in total. The van der Waals surface area contributed by atoms with Crippen molar-refractivity contribution in [2.75, 3.05) is 17.2 Å². The summed E-state index contributed by atoms with van der Waals surface area (Å²) in [6.07, 6.45) is -1.69. The molecule has 0 radical (unpaired) electrons. The van der Waals surface area contributed by atoms with E-state index in [1.807, 2.05) is 31.2 Å². The van der Waals surface area contributed by atoms with Gasteiger partial charge in [-0.2, -0.15) is 23.5 Å². The number of halogens is 4. The number of hydrogen-bond donors (Lipinski definition) is 3. The number of benzene rings is 2. The fourth-order valence-corrected chi connectivity index (χ4v) is 5.60. The number of nitriles is 1. The van der Waals surface area contributed by atoms with Crippen molar-refractivity contribution in [3.8, 4) is 6.07 Å². The van der Waals surface area contributed by atoms with Crippen molar-refractivity contribution in [1.29, 1.82) is 5.26 Å². The van der Waals surface area contributed by atoms with Crippen molar-refractivity contribution < 1.29 is 13.2 Å². The summed E-state index contributed by atoms with van der Waals surface area (Å²) < 4.78 is 42.8. The van der Waals surface area contributed by atoms with Crippen LogP contribution in [-0.4, -0.2) is 42.9 Å². The normalized spacial score (nSPS) is 15.4. The SMILES string of the molecule is Cc1[nH]nc2cccc(C(Nc3cc(Cl)c4ncc(C#N)c(NCC(C)(C)C)c4c3)c3cn(C4(C(F)(F)F)CC4)nn3)c12. The third-order valence-corrected chi connectivity index (χ3v) is 8.04. The van der Waals surface area contributed by atoms with Crippen LogP contribution in [0.5, 0.6) is 0 Å². The lowest BCUT2D eigenvalue weighted by Crippen LogP contribution is -2.35. The first-order valence-corrected chi connectivity index (χ1v) is 14.1. The molecule has 1 fully saturated rings. The smallest absolute Gasteiger partial charge is 0.383 e. The Hall–Kier alpha value is -4.37. The molecule has 1 unspecified atom stereocenters. The zero-order chi connectivity index (χ0) is 30.7. The van der Waals surface area contributed by atoms with Crippen LogP contribution in [0.3, 0.4) is 0 Å². The lowest BCUT2D eigenvalue weighted by molar-refractivity contribution is -0.182. The molecule has 0 saturated heterocycles. The Bertz CT molecular complexity index is 1890. The molecule has 3 aromatic heterocycles. The first kappa shape index (κ1) is 28.7. The molecule has 1 aliphatic carbocycles. The fourth-order valence-electron chi connectivity index (χ4n) is 5.33. The van der Waals surface area contributed by atoms with Crippen molar-refractivity contribution in [2.45, 2.75) is 58.3 Å². The van der Waals surface area contributed by atoms with Crippen LogP contribution < -0.4 is 10.6 Å². The van der Waals surface area contributed by atoms with Crippen LogP contribution in [0.2, 0.25) is 5.02 Å². The molecule has 222 valence electrons. The van der Waals surface area contributed by atoms with Crippen LogP contribution in [0.1, 0.15) is 62.2 Å². The van der Waals surface area contributed by atoms with Crippen LogP contribution in [0, 0.1) is 23.7 Å². The van der Waals surface area contributed by atoms with Gasteiger partial charge in [0, 0.05) is 34.9 Å². The molecule has 13 heteroatoms. The summed E-state index contributed by atoms with van der Waals surface area (Å²) >= 11 is 6.74. The first-order chi connectivity index (χ1) is 20.3. The lowest BCUT2D eigenvalue weighted by Gasteiger charge is -2.23. The Morgan fingerprint density at radius 2 is 1.98 bits per heavy atom. The minimum absolute atomic E-state index is 0.0489. The van der Waals surface area contributed by atoms with Gasteiger partial charge < -0.3 is 10.6 Å². The van der Waals surface area contributed by atoms with Gasteiger partial charge in [-0.05, 0) is 48.9 Å². The molecule has 0 spiro atoms. The first-order valence-electron chi connectivity index (χ1n) is 13.8. The van der Waals surface area contributed by atoms with Gasteiger partial charge >= 0.3 is 6.18 Å². The maximum Gasteiger partial charge on any atom is 0.413 e. The van der Waals surface area contributed by atoms with E-state index in [1.165, 1.54) is 12.4 Å². The number of nitrogens with zero attached hydrogens (tertiary/aromatic N) is 6. The zero-order valence-electron chi connectivity index (χ0n) is 23.9. The molecule has 0 amide bonds. The van der Waals surface area contributed by atoms with E-state index in [-0.39, 0.29) is 18.3 Å². The van der Waals surface area contributed by atoms with E-state index in [1.54, 1.807) is 6.07 Å². The summed E-state index contributed by atoms with van der Waals surface area (Å²) in [5.74, 6) is 0. The highest BCUT2D eigenvalue weighted by Gasteiger charge is 2.66. The minimum Gasteiger partial charge on any atom is -0.383 e. The molecule has 5 aromatic rings. The summed E-state index contributed by atoms with van der Waals surface area (Å²) in [6, 6.07) is 10.6. The number of anilines is 2. The minimum atomic E-state index is -4.45. The Morgan fingerprint density at radius 3 is 2.65 bits per heavy atom. The molecule has 1 saturated carbocycles. The van der Waals surface area contributed by atoms with E-state index < -0.39 is 17.8 Å². The number of H-pyrrole nitrogens is 1. The van der Waals surface area contributed by atoms with Gasteiger partial charge in [-0.15, -0.1) is 5.10 Å². The van der Waals surface area contributed by atoms with Crippen LogP contribution in [0.4, 0.5) is 24.5 Å². The second-order valence-corrected chi connectivity index (χ2v) is 12.6. The van der Waals surface area contributed by atoms with Crippen molar-refractivity contribution in [2.24, 2.45) is 5.41 Å². The predicted molar refractivity (Wildman–Crippen MR) is 159 cm³/mol. The summed E-state index contributed by atoms with van der Waals surface area (Å²) in [7, 11) is 0. The van der Waals surface area contributed by atoms with Crippen LogP contribution in [0.15, 0.2) is 42.7 Å². The summed E-state index contributed by atoms with van der Waals surface area (Å²) in [6.45, 7) is 8.71. The van der Waals surface area contributed by atoms with E-state index in [2.05, 4.69) is 63.0 Å². The Labute approximate surface area is 250 Å². The third kappa shape index (κ3) is 5.12. The van der Waals surface area contributed by atoms with Crippen molar-refractivity contribution in [3.05, 3.63) is 70.3 Å². The number of pyridine rings is 1. The summed E-state index contributed by atoms with van der Waals surface area (Å²) in [5, 5.41) is 34.0. The molecule has 1 atom stereocenters. The zero-order valence-corrected chi connectivity index (χ0v) is 24.7. The predicted octanol–water partition coefficient (Wildman–Crippen LogP) is 7.25. The molecule has 6 rings (SSSR count). The Kier molecular flexibility index (Phi) is 6.76. The fraction of sp³-hybridized carbons (Fsp3) is 0.367. The second kappa shape index (κ2) is 10.1. The summed E-state index contributed by atoms with van der Waals surface area (Å²) in [5.41, 5.74) is 2.47. The molecule has 3 heterocycles. The number of aromatic nitrogens is 6. The second-order valence-electron chi connectivity index (χ2n) is 12.2. The molecular weight excluding hydrogens is 579 g/mol. The van der Waals surface area contributed by atoms with Crippen LogP contribution in [0.25, 0.3) is 21.8 Å². The quantitative estimate of drug-likeness (QED) is 0.178. The molecule has 9 nitrogen and oxygen atoms in total. The van der Waals surface area contributed by atoms with E-state index in [0.717, 1.165) is 21.3 Å². The van der Waals surface area contributed by atoms with E-state index in [9.17, 15) is 18.4 Å². The van der Waals surface area contributed by atoms with Crippen LogP contribution in [-0.2, 0) is 5.54 Å². The molecule has 2 aromatic carbocycles. The molecule has 1 aliphatic rings. The topological polar surface area (TPSA) is 120 Å². The van der Waals surface area contributed by atoms with Gasteiger partial charge in [-0.3, -0.25) is 10.1 Å². The highest BCUT2D eigenvalue weighted by atomic mass is 35.5. The number of nitrogens with one attached hydrogen (secondary N) is 3. The van der Waals surface area contributed by atoms with Gasteiger partial charge in [-0.1, -0.05) is 49.7 Å². The van der Waals surface area contributed by atoms with Gasteiger partial charge in [0.15, 0.2) is 5.54 Å². The highest BCUT2D eigenvalue weighted by molar-refractivity contribution is 6.35.